The summed E-state index contributed by atoms with van der Waals surface area (Å²) in [4.78, 5) is 22.6. The highest BCUT2D eigenvalue weighted by Gasteiger charge is 2.19. The first-order chi connectivity index (χ1) is 9.49. The molecule has 7 nitrogen and oxygen atoms in total. The molecule has 1 aromatic rings. The Kier molecular flexibility index (Phi) is 6.42. The van der Waals surface area contributed by atoms with Crippen LogP contribution in [0.15, 0.2) is 18.3 Å². The lowest BCUT2D eigenvalue weighted by Crippen LogP contribution is -2.40. The van der Waals surface area contributed by atoms with E-state index in [-0.39, 0.29) is 19.0 Å². The SMILES string of the molecule is CC(C)CC(CNC(=O)NCc1cccnn1)C(=O)O. The second-order valence-electron chi connectivity index (χ2n) is 4.94. The molecule has 1 aromatic heterocycles. The summed E-state index contributed by atoms with van der Waals surface area (Å²) in [6, 6.07) is 3.06. The molecule has 1 unspecified atom stereocenters. The fraction of sp³-hybridized carbons (Fsp3) is 0.538. The number of hydrogen-bond donors (Lipinski definition) is 3. The lowest BCUT2D eigenvalue weighted by Gasteiger charge is -2.15. The van der Waals surface area contributed by atoms with Gasteiger partial charge in [-0.15, -0.1) is 0 Å². The molecule has 3 N–H and O–H groups in total. The van der Waals surface area contributed by atoms with E-state index in [1.165, 1.54) is 0 Å². The van der Waals surface area contributed by atoms with Crippen molar-refractivity contribution in [3.63, 3.8) is 0 Å². The fourth-order valence-corrected chi connectivity index (χ4v) is 1.72. The maximum Gasteiger partial charge on any atom is 0.315 e. The molecule has 0 saturated carbocycles. The van der Waals surface area contributed by atoms with Gasteiger partial charge in [0.05, 0.1) is 18.2 Å². The summed E-state index contributed by atoms with van der Waals surface area (Å²) in [7, 11) is 0. The van der Waals surface area contributed by atoms with Crippen LogP contribution in [-0.4, -0.2) is 33.8 Å². The van der Waals surface area contributed by atoms with Gasteiger partial charge in [-0.1, -0.05) is 13.8 Å². The van der Waals surface area contributed by atoms with Crippen molar-refractivity contribution in [2.24, 2.45) is 11.8 Å². The predicted molar refractivity (Wildman–Crippen MR) is 72.9 cm³/mol. The zero-order valence-electron chi connectivity index (χ0n) is 11.7. The maximum atomic E-state index is 11.6. The molecule has 110 valence electrons. The van der Waals surface area contributed by atoms with Crippen LogP contribution in [0.5, 0.6) is 0 Å². The van der Waals surface area contributed by atoms with Gasteiger partial charge < -0.3 is 15.7 Å². The van der Waals surface area contributed by atoms with Gasteiger partial charge in [-0.2, -0.15) is 10.2 Å². The minimum atomic E-state index is -0.895. The zero-order valence-corrected chi connectivity index (χ0v) is 11.7. The Labute approximate surface area is 117 Å². The van der Waals surface area contributed by atoms with E-state index < -0.39 is 17.9 Å². The number of carbonyl (C=O) groups excluding carboxylic acids is 1. The molecule has 1 rings (SSSR count). The van der Waals surface area contributed by atoms with Crippen LogP contribution < -0.4 is 10.6 Å². The molecular formula is C13H20N4O3. The summed E-state index contributed by atoms with van der Waals surface area (Å²) in [5, 5.41) is 21.7. The maximum absolute atomic E-state index is 11.6. The van der Waals surface area contributed by atoms with E-state index in [1.54, 1.807) is 18.3 Å². The quantitative estimate of drug-likeness (QED) is 0.691. The molecular weight excluding hydrogens is 260 g/mol. The Morgan fingerprint density at radius 3 is 2.65 bits per heavy atom. The van der Waals surface area contributed by atoms with Crippen molar-refractivity contribution in [2.45, 2.75) is 26.8 Å². The first-order valence-corrected chi connectivity index (χ1v) is 6.50. The van der Waals surface area contributed by atoms with Crippen LogP contribution in [0.2, 0.25) is 0 Å². The fourth-order valence-electron chi connectivity index (χ4n) is 1.72. The summed E-state index contributed by atoms with van der Waals surface area (Å²) in [5.74, 6) is -1.20. The average Bonchev–Trinajstić information content (AvgIpc) is 2.41. The average molecular weight is 280 g/mol. The lowest BCUT2D eigenvalue weighted by molar-refractivity contribution is -0.142. The monoisotopic (exact) mass is 280 g/mol. The number of carbonyl (C=O) groups is 2. The molecule has 0 aromatic carbocycles. The van der Waals surface area contributed by atoms with E-state index in [1.807, 2.05) is 13.8 Å². The molecule has 7 heteroatoms. The number of urea groups is 1. The lowest BCUT2D eigenvalue weighted by atomic mass is 9.97. The van der Waals surface area contributed by atoms with Gasteiger partial charge in [-0.25, -0.2) is 4.79 Å². The van der Waals surface area contributed by atoms with Crippen LogP contribution in [0.3, 0.4) is 0 Å². The van der Waals surface area contributed by atoms with Gasteiger partial charge >= 0.3 is 12.0 Å². The number of carboxylic acid groups (broad SMARTS) is 1. The van der Waals surface area contributed by atoms with E-state index in [9.17, 15) is 9.59 Å². The molecule has 1 atom stereocenters. The van der Waals surface area contributed by atoms with Crippen molar-refractivity contribution in [1.82, 2.24) is 20.8 Å². The number of hydrogen-bond acceptors (Lipinski definition) is 4. The molecule has 2 amide bonds. The third-order valence-corrected chi connectivity index (χ3v) is 2.67. The van der Waals surface area contributed by atoms with Gasteiger partial charge in [0.2, 0.25) is 0 Å². The minimum absolute atomic E-state index is 0.111. The number of aromatic nitrogens is 2. The molecule has 0 aliphatic carbocycles. The van der Waals surface area contributed by atoms with Crippen molar-refractivity contribution in [2.75, 3.05) is 6.54 Å². The molecule has 0 aliphatic heterocycles. The minimum Gasteiger partial charge on any atom is -0.481 e. The zero-order chi connectivity index (χ0) is 15.0. The van der Waals surface area contributed by atoms with Crippen LogP contribution in [0.1, 0.15) is 26.0 Å². The number of amides is 2. The first kappa shape index (κ1) is 15.9. The molecule has 0 radical (unpaired) electrons. The van der Waals surface area contributed by atoms with Crippen molar-refractivity contribution in [3.05, 3.63) is 24.0 Å². The molecule has 0 bridgehead atoms. The third kappa shape index (κ3) is 6.12. The summed E-state index contributed by atoms with van der Waals surface area (Å²) < 4.78 is 0. The van der Waals surface area contributed by atoms with Crippen molar-refractivity contribution in [1.29, 1.82) is 0 Å². The second-order valence-corrected chi connectivity index (χ2v) is 4.94. The number of nitrogens with one attached hydrogen (secondary N) is 2. The Hall–Kier alpha value is -2.18. The molecule has 20 heavy (non-hydrogen) atoms. The number of carboxylic acids is 1. The van der Waals surface area contributed by atoms with E-state index in [4.69, 9.17) is 5.11 Å². The van der Waals surface area contributed by atoms with Crippen LogP contribution in [0.25, 0.3) is 0 Å². The number of nitrogens with zero attached hydrogens (tertiary/aromatic N) is 2. The van der Waals surface area contributed by atoms with Gasteiger partial charge in [-0.05, 0) is 24.5 Å². The Balaban J connectivity index is 2.32. The van der Waals surface area contributed by atoms with Gasteiger partial charge in [0.25, 0.3) is 0 Å². The van der Waals surface area contributed by atoms with Gasteiger partial charge in [0.1, 0.15) is 0 Å². The second kappa shape index (κ2) is 8.08. The van der Waals surface area contributed by atoms with Crippen molar-refractivity contribution >= 4 is 12.0 Å². The summed E-state index contributed by atoms with van der Waals surface area (Å²) in [5.41, 5.74) is 0.639. The largest absolute Gasteiger partial charge is 0.481 e. The van der Waals surface area contributed by atoms with Crippen molar-refractivity contribution in [3.8, 4) is 0 Å². The Morgan fingerprint density at radius 2 is 2.10 bits per heavy atom. The smallest absolute Gasteiger partial charge is 0.315 e. The van der Waals surface area contributed by atoms with E-state index in [0.717, 1.165) is 0 Å². The standard InChI is InChI=1S/C13H20N4O3/c1-9(2)6-10(12(18)19)7-14-13(20)15-8-11-4-3-5-16-17-11/h3-5,9-10H,6-8H2,1-2H3,(H,18,19)(H2,14,15,20). The highest BCUT2D eigenvalue weighted by molar-refractivity contribution is 5.75. The van der Waals surface area contributed by atoms with E-state index in [2.05, 4.69) is 20.8 Å². The van der Waals surface area contributed by atoms with E-state index >= 15 is 0 Å². The predicted octanol–water partition coefficient (Wildman–Crippen LogP) is 1.02. The Morgan fingerprint density at radius 1 is 1.35 bits per heavy atom. The van der Waals surface area contributed by atoms with Crippen LogP contribution in [0, 0.1) is 11.8 Å². The van der Waals surface area contributed by atoms with Gasteiger partial charge in [0, 0.05) is 12.7 Å². The molecule has 0 fully saturated rings. The van der Waals surface area contributed by atoms with Crippen LogP contribution >= 0.6 is 0 Å². The first-order valence-electron chi connectivity index (χ1n) is 6.50. The number of aliphatic carboxylic acids is 1. The molecule has 0 spiro atoms. The van der Waals surface area contributed by atoms with Gasteiger partial charge in [-0.3, -0.25) is 4.79 Å². The Bertz CT molecular complexity index is 437. The molecule has 0 saturated heterocycles. The summed E-state index contributed by atoms with van der Waals surface area (Å²) >= 11 is 0. The molecule has 1 heterocycles. The third-order valence-electron chi connectivity index (χ3n) is 2.67. The van der Waals surface area contributed by atoms with Gasteiger partial charge in [0.15, 0.2) is 0 Å². The highest BCUT2D eigenvalue weighted by atomic mass is 16.4. The summed E-state index contributed by atoms with van der Waals surface area (Å²) in [6.45, 7) is 4.26. The topological polar surface area (TPSA) is 104 Å². The van der Waals surface area contributed by atoms with Crippen LogP contribution in [-0.2, 0) is 11.3 Å². The van der Waals surface area contributed by atoms with Crippen molar-refractivity contribution < 1.29 is 14.7 Å². The van der Waals surface area contributed by atoms with E-state index in [0.29, 0.717) is 12.1 Å². The normalized spacial score (nSPS) is 11.9. The van der Waals surface area contributed by atoms with Crippen LogP contribution in [0.4, 0.5) is 4.79 Å². The molecule has 0 aliphatic rings. The highest BCUT2D eigenvalue weighted by Crippen LogP contribution is 2.10. The number of rotatable bonds is 7. The summed E-state index contributed by atoms with van der Waals surface area (Å²) in [6.07, 6.45) is 2.08.